The molecule has 3 rings (SSSR count). The number of nitrogens with one attached hydrogen (secondary N) is 1. The van der Waals surface area contributed by atoms with Crippen molar-refractivity contribution < 1.29 is 23.8 Å². The summed E-state index contributed by atoms with van der Waals surface area (Å²) in [5.41, 5.74) is 5.19. The third-order valence-electron chi connectivity index (χ3n) is 3.41. The van der Waals surface area contributed by atoms with E-state index >= 15 is 0 Å². The maximum Gasteiger partial charge on any atom is 0.488 e. The van der Waals surface area contributed by atoms with Gasteiger partial charge in [-0.3, -0.25) is 14.3 Å². The fourth-order valence-corrected chi connectivity index (χ4v) is 3.73. The topological polar surface area (TPSA) is 158 Å². The first-order valence-corrected chi connectivity index (χ1v) is 9.58. The summed E-state index contributed by atoms with van der Waals surface area (Å²) < 4.78 is 17.5. The van der Waals surface area contributed by atoms with Crippen LogP contribution in [0.4, 0.5) is 5.95 Å². The number of nitrogens with zero attached hydrogens (tertiary/aromatic N) is 3. The predicted octanol–water partition coefficient (Wildman–Crippen LogP) is -0.386. The van der Waals surface area contributed by atoms with Crippen molar-refractivity contribution in [3.05, 3.63) is 15.1 Å². The molecule has 1 saturated heterocycles. The Balaban J connectivity index is 2.08. The van der Waals surface area contributed by atoms with Crippen LogP contribution >= 0.6 is 23.8 Å². The van der Waals surface area contributed by atoms with E-state index in [4.69, 9.17) is 27.1 Å². The monoisotopic (exact) mass is 434 g/mol. The number of imidazole rings is 1. The fraction of sp³-hybridized carbons (Fsp3) is 0.545. The highest BCUT2D eigenvalue weighted by atomic mass is 79.9. The van der Waals surface area contributed by atoms with Crippen molar-refractivity contribution in [1.29, 1.82) is 0 Å². The smallest absolute Gasteiger partial charge is 0.386 e. The van der Waals surface area contributed by atoms with E-state index in [1.807, 2.05) is 0 Å². The second-order valence-electron chi connectivity index (χ2n) is 5.43. The van der Waals surface area contributed by atoms with Crippen LogP contribution in [0.25, 0.3) is 11.2 Å². The molecule has 1 aliphatic heterocycles. The molecule has 1 aliphatic rings. The van der Waals surface area contributed by atoms with E-state index in [-0.39, 0.29) is 35.1 Å². The number of H-pyrrole nitrogens is 1. The molecular formula is C11H15BBrN5O6P+. The van der Waals surface area contributed by atoms with Crippen molar-refractivity contribution in [2.24, 2.45) is 0 Å². The SMILES string of the molecule is [B][P+]1(O)OC[C@H](C)O[C@@H](n2c(Br)nc3c(=O)[nH]c(N)nc32)[C@@H](O)CO1. The third kappa shape index (κ3) is 3.87. The van der Waals surface area contributed by atoms with E-state index < -0.39 is 31.8 Å². The second kappa shape index (κ2) is 6.91. The molecule has 1 unspecified atom stereocenters. The lowest BCUT2D eigenvalue weighted by Crippen LogP contribution is -2.33. The van der Waals surface area contributed by atoms with Gasteiger partial charge in [0.15, 0.2) is 22.1 Å². The number of rotatable bonds is 1. The Labute approximate surface area is 151 Å². The van der Waals surface area contributed by atoms with Crippen molar-refractivity contribution in [2.75, 3.05) is 18.9 Å². The van der Waals surface area contributed by atoms with E-state index in [0.717, 1.165) is 0 Å². The van der Waals surface area contributed by atoms with Gasteiger partial charge in [0.25, 0.3) is 5.56 Å². The summed E-state index contributed by atoms with van der Waals surface area (Å²) in [6, 6.07) is 0. The molecule has 3 heterocycles. The molecule has 25 heavy (non-hydrogen) atoms. The Hall–Kier alpha value is -1.08. The molecule has 4 atom stereocenters. The van der Waals surface area contributed by atoms with E-state index in [1.54, 1.807) is 6.92 Å². The number of aliphatic hydroxyl groups excluding tert-OH is 1. The average molecular weight is 435 g/mol. The normalized spacial score (nSPS) is 31.4. The zero-order valence-corrected chi connectivity index (χ0v) is 15.5. The van der Waals surface area contributed by atoms with Crippen LogP contribution in [-0.4, -0.2) is 62.5 Å². The number of anilines is 1. The van der Waals surface area contributed by atoms with Crippen molar-refractivity contribution in [2.45, 2.75) is 25.4 Å². The molecule has 0 spiro atoms. The molecule has 2 aromatic heterocycles. The number of aliphatic hydroxyl groups is 1. The third-order valence-corrected chi connectivity index (χ3v) is 5.00. The van der Waals surface area contributed by atoms with Gasteiger partial charge in [-0.05, 0) is 22.9 Å². The van der Waals surface area contributed by atoms with E-state index in [9.17, 15) is 14.8 Å². The summed E-state index contributed by atoms with van der Waals surface area (Å²) in [5, 5.41) is 10.5. The molecule has 2 aromatic rings. The minimum Gasteiger partial charge on any atom is -0.386 e. The summed E-state index contributed by atoms with van der Waals surface area (Å²) in [6.45, 7) is 1.22. The van der Waals surface area contributed by atoms with Crippen molar-refractivity contribution in [3.8, 4) is 0 Å². The lowest BCUT2D eigenvalue weighted by molar-refractivity contribution is -0.121. The van der Waals surface area contributed by atoms with Crippen LogP contribution in [0.5, 0.6) is 0 Å². The lowest BCUT2D eigenvalue weighted by Gasteiger charge is -2.26. The highest BCUT2D eigenvalue weighted by Crippen LogP contribution is 2.52. The van der Waals surface area contributed by atoms with Crippen LogP contribution in [-0.2, 0) is 13.8 Å². The zero-order chi connectivity index (χ0) is 18.4. The van der Waals surface area contributed by atoms with Crippen molar-refractivity contribution in [1.82, 2.24) is 19.5 Å². The van der Waals surface area contributed by atoms with Crippen molar-refractivity contribution >= 4 is 48.4 Å². The minimum atomic E-state index is -3.56. The zero-order valence-electron chi connectivity index (χ0n) is 13.0. The lowest BCUT2D eigenvalue weighted by atomic mass is 10.3. The molecule has 1 fully saturated rings. The number of hydrogen-bond acceptors (Lipinski definition) is 9. The van der Waals surface area contributed by atoms with Crippen LogP contribution < -0.4 is 11.3 Å². The van der Waals surface area contributed by atoms with Gasteiger partial charge in [-0.15, -0.1) is 0 Å². The first-order valence-electron chi connectivity index (χ1n) is 7.14. The van der Waals surface area contributed by atoms with Gasteiger partial charge in [-0.25, -0.2) is 9.88 Å². The number of aromatic nitrogens is 4. The molecule has 5 N–H and O–H groups in total. The number of aromatic amines is 1. The summed E-state index contributed by atoms with van der Waals surface area (Å²) in [7, 11) is 1.96. The van der Waals surface area contributed by atoms with E-state index in [0.29, 0.717) is 0 Å². The largest absolute Gasteiger partial charge is 0.488 e. The minimum absolute atomic E-state index is 0.0180. The Morgan fingerprint density at radius 3 is 2.84 bits per heavy atom. The Morgan fingerprint density at radius 1 is 1.44 bits per heavy atom. The first kappa shape index (κ1) is 18.7. The van der Waals surface area contributed by atoms with Gasteiger partial charge in [-0.1, -0.05) is 0 Å². The molecule has 14 heteroatoms. The summed E-state index contributed by atoms with van der Waals surface area (Å²) >= 11 is 3.23. The highest BCUT2D eigenvalue weighted by Gasteiger charge is 2.40. The van der Waals surface area contributed by atoms with Gasteiger partial charge in [-0.2, -0.15) is 14.0 Å². The molecule has 134 valence electrons. The van der Waals surface area contributed by atoms with E-state index in [2.05, 4.69) is 30.9 Å². The van der Waals surface area contributed by atoms with Gasteiger partial charge in [0.05, 0.1) is 6.10 Å². The quantitative estimate of drug-likeness (QED) is 0.266. The summed E-state index contributed by atoms with van der Waals surface area (Å²) in [4.78, 5) is 32.3. The molecule has 11 nitrogen and oxygen atoms in total. The van der Waals surface area contributed by atoms with Crippen LogP contribution in [0, 0.1) is 0 Å². The molecule has 0 aromatic carbocycles. The van der Waals surface area contributed by atoms with Gasteiger partial charge in [0, 0.05) is 0 Å². The number of hydrogen-bond donors (Lipinski definition) is 4. The molecule has 2 radical (unpaired) electrons. The van der Waals surface area contributed by atoms with Crippen LogP contribution in [0.1, 0.15) is 13.2 Å². The number of nitrogen functional groups attached to an aromatic ring is 1. The van der Waals surface area contributed by atoms with Gasteiger partial charge in [0.2, 0.25) is 5.95 Å². The Kier molecular flexibility index (Phi) is 5.17. The van der Waals surface area contributed by atoms with E-state index in [1.165, 1.54) is 4.57 Å². The van der Waals surface area contributed by atoms with Crippen molar-refractivity contribution in [3.63, 3.8) is 0 Å². The molecule has 0 aliphatic carbocycles. The van der Waals surface area contributed by atoms with Gasteiger partial charge in [0.1, 0.15) is 19.3 Å². The maximum absolute atomic E-state index is 12.0. The summed E-state index contributed by atoms with van der Waals surface area (Å²) in [6.07, 6.45) is -2.89. The number of ether oxygens (including phenoxy) is 1. The number of fused-ring (bicyclic) bond motifs is 1. The molecule has 0 bridgehead atoms. The Bertz CT molecular complexity index is 846. The number of nitrogens with two attached hydrogens (primary N) is 1. The molecule has 0 saturated carbocycles. The molecule has 0 amide bonds. The van der Waals surface area contributed by atoms with Crippen LogP contribution in [0.3, 0.4) is 0 Å². The predicted molar refractivity (Wildman–Crippen MR) is 92.6 cm³/mol. The maximum atomic E-state index is 12.0. The van der Waals surface area contributed by atoms with Crippen LogP contribution in [0.2, 0.25) is 0 Å². The van der Waals surface area contributed by atoms with Gasteiger partial charge < -0.3 is 15.6 Å². The standard InChI is InChI=1S/C11H15BBrN5O6P/c1-4-2-22-25(12,21)23-3-5(19)9(24-4)18-7-6(15-10(18)13)8(20)17-11(14)16-7/h4-5,9,19,21H,2-3H2,1H3,(H3,14,16,17,20)/q+1/t4-,5-,9+,25?/m0/s1. The molecular weight excluding hydrogens is 420 g/mol. The number of halogens is 1. The second-order valence-corrected chi connectivity index (χ2v) is 7.79. The summed E-state index contributed by atoms with van der Waals surface area (Å²) in [5.74, 6) is -0.112. The van der Waals surface area contributed by atoms with Crippen LogP contribution in [0.15, 0.2) is 9.53 Å². The fourth-order valence-electron chi connectivity index (χ4n) is 2.32. The van der Waals surface area contributed by atoms with Gasteiger partial charge >= 0.3 is 15.4 Å². The average Bonchev–Trinajstić information content (AvgIpc) is 2.86. The Morgan fingerprint density at radius 2 is 2.12 bits per heavy atom. The highest BCUT2D eigenvalue weighted by molar-refractivity contribution is 9.10. The first-order chi connectivity index (χ1) is 11.7.